The first-order valence-corrected chi connectivity index (χ1v) is 5.41. The molecule has 0 fully saturated rings. The topological polar surface area (TPSA) is 37.4 Å². The highest BCUT2D eigenvalue weighted by molar-refractivity contribution is 6.21. The Hall–Kier alpha value is -1.85. The molecule has 1 aliphatic rings. The number of hydrogen-bond donors (Lipinski definition) is 0. The van der Waals surface area contributed by atoms with Crippen molar-refractivity contribution < 1.29 is 22.8 Å². The highest BCUT2D eigenvalue weighted by atomic mass is 19.4. The first-order valence-electron chi connectivity index (χ1n) is 5.41. The van der Waals surface area contributed by atoms with E-state index in [1.165, 1.54) is 31.2 Å². The Morgan fingerprint density at radius 1 is 1.11 bits per heavy atom. The minimum absolute atomic E-state index is 0.0326. The summed E-state index contributed by atoms with van der Waals surface area (Å²) in [5.74, 6) is -1.75. The summed E-state index contributed by atoms with van der Waals surface area (Å²) in [6.07, 6.45) is -4.96. The fraction of sp³-hybridized carbons (Fsp3) is 0.333. The monoisotopic (exact) mass is 257 g/mol. The number of imide groups is 1. The van der Waals surface area contributed by atoms with Gasteiger partial charge < -0.3 is 0 Å². The molecule has 0 saturated heterocycles. The zero-order valence-electron chi connectivity index (χ0n) is 9.49. The van der Waals surface area contributed by atoms with E-state index in [9.17, 15) is 22.8 Å². The minimum atomic E-state index is -4.61. The largest absolute Gasteiger partial charge is 0.409 e. The Morgan fingerprint density at radius 2 is 1.56 bits per heavy atom. The van der Waals surface area contributed by atoms with Crippen molar-refractivity contribution in [2.75, 3.05) is 0 Å². The molecule has 1 aliphatic heterocycles. The van der Waals surface area contributed by atoms with Gasteiger partial charge in [0.05, 0.1) is 11.1 Å². The molecule has 0 radical (unpaired) electrons. The maximum Gasteiger partial charge on any atom is 0.409 e. The van der Waals surface area contributed by atoms with Crippen molar-refractivity contribution in [3.63, 3.8) is 0 Å². The Labute approximate surface area is 101 Å². The van der Waals surface area contributed by atoms with Crippen LogP contribution in [0.15, 0.2) is 24.3 Å². The van der Waals surface area contributed by atoms with Crippen LogP contribution in [-0.2, 0) is 0 Å². The maximum atomic E-state index is 12.8. The van der Waals surface area contributed by atoms with Gasteiger partial charge in [-0.05, 0) is 18.6 Å². The summed E-state index contributed by atoms with van der Waals surface area (Å²) in [4.78, 5) is 24.0. The average molecular weight is 257 g/mol. The van der Waals surface area contributed by atoms with E-state index < -0.39 is 24.0 Å². The van der Waals surface area contributed by atoms with Crippen LogP contribution in [0.3, 0.4) is 0 Å². The number of halogens is 3. The molecule has 2 rings (SSSR count). The van der Waals surface area contributed by atoms with E-state index in [1.807, 2.05) is 0 Å². The van der Waals surface area contributed by atoms with Gasteiger partial charge in [0.25, 0.3) is 11.8 Å². The summed E-state index contributed by atoms with van der Waals surface area (Å²) in [5.41, 5.74) is 0.0652. The van der Waals surface area contributed by atoms with Crippen LogP contribution < -0.4 is 0 Å². The lowest BCUT2D eigenvalue weighted by atomic mass is 10.1. The summed E-state index contributed by atoms with van der Waals surface area (Å²) in [6, 6.07) is 3.69. The van der Waals surface area contributed by atoms with Crippen LogP contribution in [0.2, 0.25) is 0 Å². The van der Waals surface area contributed by atoms with Crippen LogP contribution in [0.5, 0.6) is 0 Å². The summed E-state index contributed by atoms with van der Waals surface area (Å²) in [5, 5.41) is 0. The lowest BCUT2D eigenvalue weighted by Gasteiger charge is -2.26. The molecule has 2 amide bonds. The quantitative estimate of drug-likeness (QED) is 0.764. The molecule has 0 spiro atoms. The predicted molar refractivity (Wildman–Crippen MR) is 57.1 cm³/mol. The van der Waals surface area contributed by atoms with Crippen molar-refractivity contribution >= 4 is 11.8 Å². The van der Waals surface area contributed by atoms with E-state index in [0.29, 0.717) is 4.90 Å². The molecule has 0 bridgehead atoms. The van der Waals surface area contributed by atoms with Gasteiger partial charge in [-0.25, -0.2) is 0 Å². The lowest BCUT2D eigenvalue weighted by molar-refractivity contribution is -0.171. The van der Waals surface area contributed by atoms with Crippen molar-refractivity contribution in [2.24, 2.45) is 0 Å². The van der Waals surface area contributed by atoms with Gasteiger partial charge in [0.1, 0.15) is 6.04 Å². The van der Waals surface area contributed by atoms with Gasteiger partial charge in [0.2, 0.25) is 0 Å². The van der Waals surface area contributed by atoms with Crippen LogP contribution in [0.25, 0.3) is 0 Å². The molecule has 1 atom stereocenters. The first kappa shape index (κ1) is 12.6. The highest BCUT2D eigenvalue weighted by Crippen LogP contribution is 2.33. The molecule has 6 heteroatoms. The Kier molecular flexibility index (Phi) is 2.88. The first-order chi connectivity index (χ1) is 8.38. The zero-order chi connectivity index (χ0) is 13.5. The van der Waals surface area contributed by atoms with Gasteiger partial charge in [0, 0.05) is 0 Å². The summed E-state index contributed by atoms with van der Waals surface area (Å²) in [6.45, 7) is 1.29. The van der Waals surface area contributed by atoms with E-state index in [0.717, 1.165) is 0 Å². The van der Waals surface area contributed by atoms with Gasteiger partial charge in [-0.1, -0.05) is 19.1 Å². The normalized spacial score (nSPS) is 17.0. The smallest absolute Gasteiger partial charge is 0.269 e. The van der Waals surface area contributed by atoms with E-state index >= 15 is 0 Å². The van der Waals surface area contributed by atoms with Crippen molar-refractivity contribution in [3.8, 4) is 0 Å². The van der Waals surface area contributed by atoms with Crippen LogP contribution in [0, 0.1) is 0 Å². The van der Waals surface area contributed by atoms with Gasteiger partial charge >= 0.3 is 6.18 Å². The second-order valence-electron chi connectivity index (χ2n) is 3.99. The van der Waals surface area contributed by atoms with E-state index in [1.54, 1.807) is 0 Å². The number of alkyl halides is 3. The molecule has 1 heterocycles. The number of amides is 2. The van der Waals surface area contributed by atoms with Gasteiger partial charge in [-0.2, -0.15) is 13.2 Å². The van der Waals surface area contributed by atoms with Crippen LogP contribution in [0.1, 0.15) is 34.1 Å². The van der Waals surface area contributed by atoms with Gasteiger partial charge in [0.15, 0.2) is 0 Å². The molecular weight excluding hydrogens is 247 g/mol. The molecular formula is C12H10F3NO2. The van der Waals surface area contributed by atoms with Gasteiger partial charge in [-0.15, -0.1) is 0 Å². The Morgan fingerprint density at radius 3 is 1.89 bits per heavy atom. The average Bonchev–Trinajstić information content (AvgIpc) is 2.54. The van der Waals surface area contributed by atoms with Crippen LogP contribution >= 0.6 is 0 Å². The van der Waals surface area contributed by atoms with Crippen molar-refractivity contribution in [3.05, 3.63) is 35.4 Å². The number of benzene rings is 1. The fourth-order valence-electron chi connectivity index (χ4n) is 2.05. The molecule has 0 N–H and O–H groups in total. The fourth-order valence-corrected chi connectivity index (χ4v) is 2.05. The number of rotatable bonds is 2. The number of carbonyl (C=O) groups excluding carboxylic acids is 2. The third-order valence-electron chi connectivity index (χ3n) is 2.90. The second kappa shape index (κ2) is 4.12. The van der Waals surface area contributed by atoms with E-state index in [4.69, 9.17) is 0 Å². The van der Waals surface area contributed by atoms with Crippen LogP contribution in [-0.4, -0.2) is 28.9 Å². The molecule has 1 aromatic carbocycles. The second-order valence-corrected chi connectivity index (χ2v) is 3.99. The standard InChI is InChI=1S/C12H10F3NO2/c1-2-9(12(13,14)15)16-10(17)7-5-3-4-6-8(7)11(16)18/h3-6,9H,2H2,1H3. The molecule has 0 aromatic heterocycles. The lowest BCUT2D eigenvalue weighted by Crippen LogP contribution is -2.48. The molecule has 0 saturated carbocycles. The summed E-state index contributed by atoms with van der Waals surface area (Å²) in [7, 11) is 0. The minimum Gasteiger partial charge on any atom is -0.269 e. The Bertz CT molecular complexity index is 475. The zero-order valence-corrected chi connectivity index (χ0v) is 9.49. The highest BCUT2D eigenvalue weighted by Gasteiger charge is 2.50. The molecule has 96 valence electrons. The molecule has 18 heavy (non-hydrogen) atoms. The molecule has 3 nitrogen and oxygen atoms in total. The number of nitrogens with zero attached hydrogens (tertiary/aromatic N) is 1. The van der Waals surface area contributed by atoms with Crippen molar-refractivity contribution in [1.82, 2.24) is 4.90 Å². The number of hydrogen-bond acceptors (Lipinski definition) is 2. The summed E-state index contributed by atoms with van der Waals surface area (Å²) < 4.78 is 38.4. The summed E-state index contributed by atoms with van der Waals surface area (Å²) >= 11 is 0. The molecule has 1 unspecified atom stereocenters. The van der Waals surface area contributed by atoms with Gasteiger partial charge in [-0.3, -0.25) is 14.5 Å². The van der Waals surface area contributed by atoms with E-state index in [2.05, 4.69) is 0 Å². The Balaban J connectivity index is 2.45. The van der Waals surface area contributed by atoms with Crippen LogP contribution in [0.4, 0.5) is 13.2 Å². The molecule has 0 aliphatic carbocycles. The SMILES string of the molecule is CCC(N1C(=O)c2ccccc2C1=O)C(F)(F)F. The van der Waals surface area contributed by atoms with E-state index in [-0.39, 0.29) is 17.5 Å². The third kappa shape index (κ3) is 1.77. The number of fused-ring (bicyclic) bond motifs is 1. The molecule has 1 aromatic rings. The number of carbonyl (C=O) groups is 2. The third-order valence-corrected chi connectivity index (χ3v) is 2.90. The predicted octanol–water partition coefficient (Wildman–Crippen LogP) is 2.62. The van der Waals surface area contributed by atoms with Crippen molar-refractivity contribution in [1.29, 1.82) is 0 Å². The van der Waals surface area contributed by atoms with Crippen molar-refractivity contribution in [2.45, 2.75) is 25.6 Å². The maximum absolute atomic E-state index is 12.8.